The molecule has 0 unspecified atom stereocenters. The van der Waals surface area contributed by atoms with Gasteiger partial charge in [-0.05, 0) is 42.7 Å². The summed E-state index contributed by atoms with van der Waals surface area (Å²) in [5, 5.41) is 8.85. The number of rotatable bonds is 5. The quantitative estimate of drug-likeness (QED) is 0.610. The Bertz CT molecular complexity index is 952. The number of benzene rings is 2. The topological polar surface area (TPSA) is 51.0 Å². The molecule has 2 aromatic carbocycles. The molecule has 5 nitrogen and oxygen atoms in total. The first-order chi connectivity index (χ1) is 13.6. The standard InChI is InChI=1S/C21H21FN4OS/c1-25-19(16-9-11-17(22)12-10-16)23-24-21(25)28-18(15-7-3-2-4-8-15)20(27)26-13-5-6-14-26/h2-4,7-12,18H,5-6,13-14H2,1H3/t18-/m0/s1. The minimum absolute atomic E-state index is 0.111. The number of thioether (sulfide) groups is 1. The van der Waals surface area contributed by atoms with Crippen LogP contribution in [-0.2, 0) is 11.8 Å². The maximum absolute atomic E-state index is 13.2. The molecule has 0 N–H and O–H groups in total. The van der Waals surface area contributed by atoms with E-state index in [2.05, 4.69) is 10.2 Å². The van der Waals surface area contributed by atoms with Crippen LogP contribution in [0, 0.1) is 5.82 Å². The predicted molar refractivity (Wildman–Crippen MR) is 107 cm³/mol. The number of amides is 1. The molecule has 1 aromatic heterocycles. The Morgan fingerprint density at radius 1 is 1.04 bits per heavy atom. The van der Waals surface area contributed by atoms with E-state index >= 15 is 0 Å². The van der Waals surface area contributed by atoms with E-state index in [4.69, 9.17) is 0 Å². The van der Waals surface area contributed by atoms with Crippen LogP contribution in [-0.4, -0.2) is 38.7 Å². The molecule has 144 valence electrons. The van der Waals surface area contributed by atoms with Gasteiger partial charge in [0, 0.05) is 25.7 Å². The normalized spacial score (nSPS) is 15.0. The maximum Gasteiger partial charge on any atom is 0.240 e. The third kappa shape index (κ3) is 3.80. The van der Waals surface area contributed by atoms with Crippen molar-refractivity contribution in [3.05, 3.63) is 66.0 Å². The molecule has 2 heterocycles. The highest BCUT2D eigenvalue weighted by Crippen LogP contribution is 2.37. The molecule has 1 aliphatic rings. The van der Waals surface area contributed by atoms with E-state index < -0.39 is 0 Å². The second kappa shape index (κ2) is 8.14. The third-order valence-electron chi connectivity index (χ3n) is 4.90. The number of likely N-dealkylation sites (tertiary alicyclic amines) is 1. The van der Waals surface area contributed by atoms with Crippen molar-refractivity contribution in [2.24, 2.45) is 7.05 Å². The van der Waals surface area contributed by atoms with E-state index in [-0.39, 0.29) is 17.0 Å². The summed E-state index contributed by atoms with van der Waals surface area (Å²) in [5.74, 6) is 0.462. The Labute approximate surface area is 167 Å². The van der Waals surface area contributed by atoms with Gasteiger partial charge in [-0.3, -0.25) is 4.79 Å². The van der Waals surface area contributed by atoms with Gasteiger partial charge >= 0.3 is 0 Å². The van der Waals surface area contributed by atoms with Crippen molar-refractivity contribution >= 4 is 17.7 Å². The zero-order chi connectivity index (χ0) is 19.5. The predicted octanol–water partition coefficient (Wildman–Crippen LogP) is 4.08. The van der Waals surface area contributed by atoms with Crippen molar-refractivity contribution < 1.29 is 9.18 Å². The van der Waals surface area contributed by atoms with Gasteiger partial charge in [0.05, 0.1) is 0 Å². The zero-order valence-electron chi connectivity index (χ0n) is 15.6. The lowest BCUT2D eigenvalue weighted by Gasteiger charge is -2.22. The van der Waals surface area contributed by atoms with E-state index in [9.17, 15) is 9.18 Å². The fourth-order valence-electron chi connectivity index (χ4n) is 3.37. The number of carbonyl (C=O) groups is 1. The molecule has 0 bridgehead atoms. The lowest BCUT2D eigenvalue weighted by atomic mass is 10.1. The van der Waals surface area contributed by atoms with Crippen LogP contribution in [0.15, 0.2) is 59.8 Å². The molecule has 0 radical (unpaired) electrons. The Morgan fingerprint density at radius 2 is 1.71 bits per heavy atom. The SMILES string of the molecule is Cn1c(S[C@H](C(=O)N2CCCC2)c2ccccc2)nnc1-c1ccc(F)cc1. The molecule has 28 heavy (non-hydrogen) atoms. The molecule has 1 aliphatic heterocycles. The largest absolute Gasteiger partial charge is 0.341 e. The molecule has 1 fully saturated rings. The minimum Gasteiger partial charge on any atom is -0.341 e. The van der Waals surface area contributed by atoms with Crippen molar-refractivity contribution in [2.75, 3.05) is 13.1 Å². The summed E-state index contributed by atoms with van der Waals surface area (Å²) >= 11 is 1.41. The number of hydrogen-bond donors (Lipinski definition) is 0. The molecule has 7 heteroatoms. The Hall–Kier alpha value is -2.67. The molecule has 0 saturated carbocycles. The Kier molecular flexibility index (Phi) is 5.43. The van der Waals surface area contributed by atoms with Crippen molar-refractivity contribution in [3.63, 3.8) is 0 Å². The van der Waals surface area contributed by atoms with Crippen molar-refractivity contribution in [3.8, 4) is 11.4 Å². The fraction of sp³-hybridized carbons (Fsp3) is 0.286. The highest BCUT2D eigenvalue weighted by Gasteiger charge is 2.30. The second-order valence-corrected chi connectivity index (χ2v) is 7.89. The maximum atomic E-state index is 13.2. The van der Waals surface area contributed by atoms with E-state index in [1.807, 2.05) is 46.8 Å². The van der Waals surface area contributed by atoms with Gasteiger partial charge < -0.3 is 9.47 Å². The average molecular weight is 396 g/mol. The van der Waals surface area contributed by atoms with Crippen LogP contribution in [0.2, 0.25) is 0 Å². The molecular weight excluding hydrogens is 375 g/mol. The summed E-state index contributed by atoms with van der Waals surface area (Å²) in [6.07, 6.45) is 2.10. The van der Waals surface area contributed by atoms with Crippen molar-refractivity contribution in [2.45, 2.75) is 23.2 Å². The van der Waals surface area contributed by atoms with Crippen LogP contribution < -0.4 is 0 Å². The molecule has 1 amide bonds. The van der Waals surface area contributed by atoms with Gasteiger partial charge in [0.2, 0.25) is 5.91 Å². The van der Waals surface area contributed by atoms with E-state index in [0.717, 1.165) is 37.1 Å². The monoisotopic (exact) mass is 396 g/mol. The van der Waals surface area contributed by atoms with E-state index in [1.54, 1.807) is 12.1 Å². The molecule has 1 atom stereocenters. The summed E-state index contributed by atoms with van der Waals surface area (Å²) in [7, 11) is 1.86. The highest BCUT2D eigenvalue weighted by molar-refractivity contribution is 8.00. The summed E-state index contributed by atoms with van der Waals surface area (Å²) in [5.41, 5.74) is 1.74. The van der Waals surface area contributed by atoms with Crippen molar-refractivity contribution in [1.82, 2.24) is 19.7 Å². The number of aromatic nitrogens is 3. The molecule has 0 aliphatic carbocycles. The Balaban J connectivity index is 1.63. The van der Waals surface area contributed by atoms with Gasteiger partial charge in [0.1, 0.15) is 11.1 Å². The first-order valence-corrected chi connectivity index (χ1v) is 10.2. The molecule has 0 spiro atoms. The van der Waals surface area contributed by atoms with Crippen molar-refractivity contribution in [1.29, 1.82) is 0 Å². The number of hydrogen-bond acceptors (Lipinski definition) is 4. The Morgan fingerprint density at radius 3 is 2.39 bits per heavy atom. The molecular formula is C21H21FN4OS. The van der Waals surface area contributed by atoms with Crippen LogP contribution in [0.5, 0.6) is 0 Å². The smallest absolute Gasteiger partial charge is 0.240 e. The van der Waals surface area contributed by atoms with Gasteiger partial charge in [0.25, 0.3) is 0 Å². The first kappa shape index (κ1) is 18.7. The number of halogens is 1. The van der Waals surface area contributed by atoms with Gasteiger partial charge in [-0.15, -0.1) is 10.2 Å². The first-order valence-electron chi connectivity index (χ1n) is 9.29. The van der Waals surface area contributed by atoms with Gasteiger partial charge in [-0.1, -0.05) is 42.1 Å². The van der Waals surface area contributed by atoms with Gasteiger partial charge in [-0.2, -0.15) is 0 Å². The molecule has 1 saturated heterocycles. The zero-order valence-corrected chi connectivity index (χ0v) is 16.4. The van der Waals surface area contributed by atoms with Gasteiger partial charge in [-0.25, -0.2) is 4.39 Å². The van der Waals surface area contributed by atoms with Crippen LogP contribution in [0.1, 0.15) is 23.7 Å². The van der Waals surface area contributed by atoms with Crippen LogP contribution >= 0.6 is 11.8 Å². The lowest BCUT2D eigenvalue weighted by molar-refractivity contribution is -0.129. The third-order valence-corrected chi connectivity index (χ3v) is 6.18. The van der Waals surface area contributed by atoms with Crippen LogP contribution in [0.3, 0.4) is 0 Å². The summed E-state index contributed by atoms with van der Waals surface area (Å²) < 4.78 is 15.1. The lowest BCUT2D eigenvalue weighted by Crippen LogP contribution is -2.31. The van der Waals surface area contributed by atoms with Crippen LogP contribution in [0.4, 0.5) is 4.39 Å². The second-order valence-electron chi connectivity index (χ2n) is 6.81. The van der Waals surface area contributed by atoms with E-state index in [1.165, 1.54) is 23.9 Å². The van der Waals surface area contributed by atoms with Gasteiger partial charge in [0.15, 0.2) is 11.0 Å². The summed E-state index contributed by atoms with van der Waals surface area (Å²) in [6, 6.07) is 15.9. The average Bonchev–Trinajstić information content (AvgIpc) is 3.38. The van der Waals surface area contributed by atoms with E-state index in [0.29, 0.717) is 11.0 Å². The number of nitrogens with zero attached hydrogens (tertiary/aromatic N) is 4. The molecule has 3 aromatic rings. The minimum atomic E-state index is -0.372. The number of carbonyl (C=O) groups excluding carboxylic acids is 1. The van der Waals surface area contributed by atoms with Crippen LogP contribution in [0.25, 0.3) is 11.4 Å². The molecule has 4 rings (SSSR count). The highest BCUT2D eigenvalue weighted by atomic mass is 32.2. The fourth-order valence-corrected chi connectivity index (χ4v) is 4.45. The summed E-state index contributed by atoms with van der Waals surface area (Å²) in [6.45, 7) is 1.62. The summed E-state index contributed by atoms with van der Waals surface area (Å²) in [4.78, 5) is 15.1.